The molecule has 0 spiro atoms. The van der Waals surface area contributed by atoms with E-state index in [1.165, 1.54) is 75.8 Å². The minimum Gasteiger partial charge on any atom is -0.228 e. The smallest absolute Gasteiger partial charge is 0.160 e. The van der Waals surface area contributed by atoms with Gasteiger partial charge in [0.15, 0.2) is 5.82 Å². The van der Waals surface area contributed by atoms with Crippen molar-refractivity contribution in [1.82, 2.24) is 9.97 Å². The number of nitrogens with zero attached hydrogens (tertiary/aromatic N) is 2. The van der Waals surface area contributed by atoms with Gasteiger partial charge in [0, 0.05) is 42.3 Å². The van der Waals surface area contributed by atoms with Crippen molar-refractivity contribution < 1.29 is 0 Å². The third-order valence-electron chi connectivity index (χ3n) is 13.0. The number of benzene rings is 8. The molecule has 10 aromatic rings. The number of fused-ring (bicyclic) bond motifs is 9. The highest BCUT2D eigenvalue weighted by Crippen LogP contribution is 2.57. The van der Waals surface area contributed by atoms with E-state index in [4.69, 9.17) is 9.97 Å². The van der Waals surface area contributed by atoms with E-state index in [1.54, 1.807) is 0 Å². The summed E-state index contributed by atoms with van der Waals surface area (Å²) >= 11 is 1.84. The summed E-state index contributed by atoms with van der Waals surface area (Å²) in [6.07, 6.45) is 0. The average Bonchev–Trinajstić information content (AvgIpc) is 3.90. The number of hydrogen-bond acceptors (Lipinski definition) is 3. The molecule has 0 atom stereocenters. The molecule has 59 heavy (non-hydrogen) atoms. The maximum atomic E-state index is 5.48. The minimum absolute atomic E-state index is 0.137. The largest absolute Gasteiger partial charge is 0.228 e. The van der Waals surface area contributed by atoms with E-state index in [-0.39, 0.29) is 5.41 Å². The lowest BCUT2D eigenvalue weighted by Gasteiger charge is -2.34. The SMILES string of the molecule is CC1(C)c2ccccc2-c2ccc(-c3nc(-c4ccc5c(c4)C(c4ccccc4)(c4ccccc4)c4ccccc4-5)cc(-c4ccc5c(c4)sc4ccccc45)n3)cc21. The Balaban J connectivity index is 1.09. The van der Waals surface area contributed by atoms with Gasteiger partial charge in [-0.15, -0.1) is 11.3 Å². The summed E-state index contributed by atoms with van der Waals surface area (Å²) in [7, 11) is 0. The van der Waals surface area contributed by atoms with E-state index in [9.17, 15) is 0 Å². The fourth-order valence-corrected chi connectivity index (χ4v) is 11.3. The van der Waals surface area contributed by atoms with Crippen molar-refractivity contribution in [2.45, 2.75) is 24.7 Å². The van der Waals surface area contributed by atoms with Gasteiger partial charge in [0.2, 0.25) is 0 Å². The van der Waals surface area contributed by atoms with E-state index < -0.39 is 5.41 Å². The lowest BCUT2D eigenvalue weighted by molar-refractivity contribution is 0.660. The van der Waals surface area contributed by atoms with Crippen LogP contribution in [0, 0.1) is 0 Å². The fraction of sp³-hybridized carbons (Fsp3) is 0.0714. The highest BCUT2D eigenvalue weighted by Gasteiger charge is 2.46. The van der Waals surface area contributed by atoms with Crippen molar-refractivity contribution in [3.05, 3.63) is 228 Å². The van der Waals surface area contributed by atoms with Crippen LogP contribution in [0.2, 0.25) is 0 Å². The summed E-state index contributed by atoms with van der Waals surface area (Å²) in [4.78, 5) is 10.9. The second-order valence-corrected chi connectivity index (χ2v) is 17.6. The highest BCUT2D eigenvalue weighted by molar-refractivity contribution is 7.25. The molecule has 2 aromatic heterocycles. The van der Waals surface area contributed by atoms with Crippen molar-refractivity contribution in [3.8, 4) is 56.2 Å². The average molecular weight is 771 g/mol. The van der Waals surface area contributed by atoms with Gasteiger partial charge in [0.25, 0.3) is 0 Å². The molecule has 2 heterocycles. The monoisotopic (exact) mass is 770 g/mol. The second kappa shape index (κ2) is 12.8. The first-order valence-electron chi connectivity index (χ1n) is 20.4. The van der Waals surface area contributed by atoms with Gasteiger partial charge in [-0.2, -0.15) is 0 Å². The first-order chi connectivity index (χ1) is 29.0. The van der Waals surface area contributed by atoms with Crippen molar-refractivity contribution in [2.75, 3.05) is 0 Å². The zero-order valence-corrected chi connectivity index (χ0v) is 33.6. The van der Waals surface area contributed by atoms with Crippen LogP contribution in [0.25, 0.3) is 76.3 Å². The molecule has 2 aliphatic carbocycles. The van der Waals surface area contributed by atoms with Crippen LogP contribution in [0.15, 0.2) is 194 Å². The number of rotatable bonds is 5. The van der Waals surface area contributed by atoms with Crippen molar-refractivity contribution in [3.63, 3.8) is 0 Å². The Hall–Kier alpha value is -6.94. The van der Waals surface area contributed by atoms with Crippen LogP contribution in [0.3, 0.4) is 0 Å². The topological polar surface area (TPSA) is 25.8 Å². The number of aromatic nitrogens is 2. The summed E-state index contributed by atoms with van der Waals surface area (Å²) in [5.74, 6) is 0.727. The van der Waals surface area contributed by atoms with Gasteiger partial charge >= 0.3 is 0 Å². The van der Waals surface area contributed by atoms with E-state index in [0.717, 1.165) is 33.9 Å². The maximum Gasteiger partial charge on any atom is 0.160 e. The molecule has 8 aromatic carbocycles. The maximum absolute atomic E-state index is 5.48. The van der Waals surface area contributed by atoms with Crippen LogP contribution >= 0.6 is 11.3 Å². The Bertz CT molecular complexity index is 3260. The Morgan fingerprint density at radius 2 is 0.881 bits per heavy atom. The Kier molecular flexibility index (Phi) is 7.39. The molecule has 0 bridgehead atoms. The first-order valence-corrected chi connectivity index (χ1v) is 21.2. The molecule has 0 N–H and O–H groups in total. The standard InChI is InChI=1S/C56H38N2S/c1-55(2)46-22-12-9-19-40(46)42-29-27-37(32-48(42)55)54-57-50(34-51(58-54)36-26-30-45-44-21-11-14-24-52(44)59-53(45)33-36)35-25-28-43-41-20-10-13-23-47(41)56(49(43)31-35,38-15-5-3-6-16-38)39-17-7-4-8-18-39/h3-34H,1-2H3. The molecule has 0 saturated heterocycles. The van der Waals surface area contributed by atoms with Gasteiger partial charge in [-0.3, -0.25) is 0 Å². The van der Waals surface area contributed by atoms with Crippen molar-refractivity contribution >= 4 is 31.5 Å². The van der Waals surface area contributed by atoms with Gasteiger partial charge in [0.05, 0.1) is 16.8 Å². The third-order valence-corrected chi connectivity index (χ3v) is 14.1. The zero-order chi connectivity index (χ0) is 39.3. The first kappa shape index (κ1) is 34.1. The summed E-state index contributed by atoms with van der Waals surface area (Å²) < 4.78 is 2.55. The molecule has 0 unspecified atom stereocenters. The van der Waals surface area contributed by atoms with E-state index in [1.807, 2.05) is 11.3 Å². The lowest BCUT2D eigenvalue weighted by atomic mass is 9.67. The molecule has 12 rings (SSSR count). The Morgan fingerprint density at radius 1 is 0.373 bits per heavy atom. The van der Waals surface area contributed by atoms with Crippen molar-refractivity contribution in [2.24, 2.45) is 0 Å². The van der Waals surface area contributed by atoms with E-state index in [2.05, 4.69) is 208 Å². The Morgan fingerprint density at radius 3 is 1.61 bits per heavy atom. The molecule has 0 fully saturated rings. The molecular weight excluding hydrogens is 733 g/mol. The predicted octanol–water partition coefficient (Wildman–Crippen LogP) is 14.5. The normalized spacial score (nSPS) is 14.2. The van der Waals surface area contributed by atoms with Gasteiger partial charge in [-0.25, -0.2) is 9.97 Å². The molecule has 0 radical (unpaired) electrons. The molecule has 2 aliphatic rings. The summed E-state index contributed by atoms with van der Waals surface area (Å²) in [6, 6.07) is 71.2. The van der Waals surface area contributed by atoms with Crippen LogP contribution in [0.4, 0.5) is 0 Å². The minimum atomic E-state index is -0.504. The summed E-state index contributed by atoms with van der Waals surface area (Å²) in [5, 5.41) is 2.57. The fourth-order valence-electron chi connectivity index (χ4n) is 10.2. The predicted molar refractivity (Wildman–Crippen MR) is 246 cm³/mol. The van der Waals surface area contributed by atoms with E-state index >= 15 is 0 Å². The van der Waals surface area contributed by atoms with Crippen LogP contribution in [-0.4, -0.2) is 9.97 Å². The second-order valence-electron chi connectivity index (χ2n) is 16.5. The molecule has 2 nitrogen and oxygen atoms in total. The molecule has 0 saturated carbocycles. The number of thiophene rings is 1. The summed E-state index contributed by atoms with van der Waals surface area (Å²) in [5.41, 5.74) is 17.2. The molecular formula is C56H38N2S. The van der Waals surface area contributed by atoms with Gasteiger partial charge < -0.3 is 0 Å². The molecule has 278 valence electrons. The number of hydrogen-bond donors (Lipinski definition) is 0. The van der Waals surface area contributed by atoms with E-state index in [0.29, 0.717) is 0 Å². The van der Waals surface area contributed by atoms with Gasteiger partial charge in [-0.1, -0.05) is 178 Å². The molecule has 0 aliphatic heterocycles. The highest BCUT2D eigenvalue weighted by atomic mass is 32.1. The molecule has 0 amide bonds. The van der Waals surface area contributed by atoms with Crippen LogP contribution in [0.5, 0.6) is 0 Å². The quantitative estimate of drug-likeness (QED) is 0.174. The zero-order valence-electron chi connectivity index (χ0n) is 32.8. The van der Waals surface area contributed by atoms with Crippen molar-refractivity contribution in [1.29, 1.82) is 0 Å². The van der Waals surface area contributed by atoms with Crippen LogP contribution < -0.4 is 0 Å². The molecule has 3 heteroatoms. The van der Waals surface area contributed by atoms with Crippen LogP contribution in [0.1, 0.15) is 47.2 Å². The van der Waals surface area contributed by atoms with Crippen LogP contribution in [-0.2, 0) is 10.8 Å². The third kappa shape index (κ3) is 4.98. The summed E-state index contributed by atoms with van der Waals surface area (Å²) in [6.45, 7) is 4.66. The van der Waals surface area contributed by atoms with Gasteiger partial charge in [-0.05, 0) is 86.0 Å². The Labute approximate surface area is 348 Å². The lowest BCUT2D eigenvalue weighted by Crippen LogP contribution is -2.28. The van der Waals surface area contributed by atoms with Gasteiger partial charge in [0.1, 0.15) is 0 Å².